The number of amides is 3. The minimum absolute atomic E-state index is 0.0857. The van der Waals surface area contributed by atoms with Crippen LogP contribution in [0, 0.1) is 0 Å². The van der Waals surface area contributed by atoms with Crippen molar-refractivity contribution in [3.05, 3.63) is 18.2 Å². The Labute approximate surface area is 132 Å². The fraction of sp³-hybridized carbons (Fsp3) is 0.333. The van der Waals surface area contributed by atoms with Crippen molar-refractivity contribution in [2.75, 3.05) is 23.4 Å². The molecule has 0 unspecified atom stereocenters. The monoisotopic (exact) mass is 316 g/mol. The fourth-order valence-electron chi connectivity index (χ4n) is 2.46. The highest BCUT2D eigenvalue weighted by Crippen LogP contribution is 2.34. The van der Waals surface area contributed by atoms with Crippen molar-refractivity contribution in [2.24, 2.45) is 5.10 Å². The Bertz CT molecular complexity index is 713. The highest BCUT2D eigenvalue weighted by molar-refractivity contribution is 6.43. The smallest absolute Gasteiger partial charge is 0.271 e. The molecule has 0 saturated heterocycles. The van der Waals surface area contributed by atoms with E-state index in [2.05, 4.69) is 15.8 Å². The lowest BCUT2D eigenvalue weighted by atomic mass is 10.1. The van der Waals surface area contributed by atoms with E-state index in [1.165, 1.54) is 6.92 Å². The molecule has 0 atom stereocenters. The molecule has 23 heavy (non-hydrogen) atoms. The maximum atomic E-state index is 12.2. The summed E-state index contributed by atoms with van der Waals surface area (Å²) in [5, 5.41) is 6.47. The van der Waals surface area contributed by atoms with Crippen LogP contribution < -0.4 is 20.4 Å². The van der Waals surface area contributed by atoms with Crippen molar-refractivity contribution in [3.63, 3.8) is 0 Å². The molecule has 0 fully saturated rings. The van der Waals surface area contributed by atoms with Gasteiger partial charge in [0.2, 0.25) is 11.8 Å². The molecule has 2 heterocycles. The minimum Gasteiger partial charge on any atom is -0.490 e. The van der Waals surface area contributed by atoms with Crippen LogP contribution in [0.4, 0.5) is 11.4 Å². The molecule has 2 N–H and O–H groups in total. The Hall–Kier alpha value is -2.90. The maximum Gasteiger partial charge on any atom is 0.271 e. The van der Waals surface area contributed by atoms with E-state index < -0.39 is 0 Å². The molecule has 0 saturated carbocycles. The summed E-state index contributed by atoms with van der Waals surface area (Å²) in [6.45, 7) is 2.40. The Morgan fingerprint density at radius 1 is 1.35 bits per heavy atom. The Morgan fingerprint density at radius 2 is 2.17 bits per heavy atom. The van der Waals surface area contributed by atoms with Crippen LogP contribution in [0.1, 0.15) is 19.8 Å². The van der Waals surface area contributed by atoms with Crippen molar-refractivity contribution < 1.29 is 19.1 Å². The van der Waals surface area contributed by atoms with Gasteiger partial charge in [-0.25, -0.2) is 5.43 Å². The Morgan fingerprint density at radius 3 is 2.87 bits per heavy atom. The van der Waals surface area contributed by atoms with Crippen LogP contribution in [-0.2, 0) is 14.4 Å². The van der Waals surface area contributed by atoms with E-state index in [-0.39, 0.29) is 29.9 Å². The van der Waals surface area contributed by atoms with Crippen LogP contribution in [0.25, 0.3) is 0 Å². The molecular formula is C15H16N4O4. The second-order valence-corrected chi connectivity index (χ2v) is 5.25. The van der Waals surface area contributed by atoms with E-state index in [4.69, 9.17) is 4.74 Å². The number of anilines is 2. The highest BCUT2D eigenvalue weighted by Gasteiger charge is 2.23. The summed E-state index contributed by atoms with van der Waals surface area (Å²) in [5.74, 6) is -0.0650. The zero-order valence-electron chi connectivity index (χ0n) is 12.6. The van der Waals surface area contributed by atoms with Crippen LogP contribution in [0.2, 0.25) is 0 Å². The van der Waals surface area contributed by atoms with Gasteiger partial charge in [0.15, 0.2) is 0 Å². The molecule has 0 aliphatic carbocycles. The van der Waals surface area contributed by atoms with Gasteiger partial charge in [0.05, 0.1) is 12.2 Å². The standard InChI is InChI=1S/C15H16N4O4/c1-9(20)19-6-7-23-13-4-2-10(8-12(13)19)16-15(22)11-3-5-14(21)18-17-11/h2,4,8H,3,5-7H2,1H3,(H,16,22)(H,18,21). The molecule has 1 aromatic rings. The lowest BCUT2D eigenvalue weighted by Crippen LogP contribution is -2.36. The van der Waals surface area contributed by atoms with Gasteiger partial charge < -0.3 is 15.0 Å². The zero-order chi connectivity index (χ0) is 16.4. The van der Waals surface area contributed by atoms with Crippen LogP contribution in [0.5, 0.6) is 5.75 Å². The largest absolute Gasteiger partial charge is 0.490 e. The minimum atomic E-state index is -0.379. The van der Waals surface area contributed by atoms with E-state index in [1.54, 1.807) is 23.1 Å². The van der Waals surface area contributed by atoms with Crippen LogP contribution in [0.3, 0.4) is 0 Å². The van der Waals surface area contributed by atoms with Gasteiger partial charge in [-0.1, -0.05) is 0 Å². The average molecular weight is 316 g/mol. The number of carbonyl (C=O) groups excluding carboxylic acids is 3. The number of hydrogen-bond acceptors (Lipinski definition) is 5. The van der Waals surface area contributed by atoms with Gasteiger partial charge in [-0.3, -0.25) is 14.4 Å². The quantitative estimate of drug-likeness (QED) is 0.836. The number of hydrogen-bond donors (Lipinski definition) is 2. The Kier molecular flexibility index (Phi) is 3.96. The van der Waals surface area contributed by atoms with Crippen molar-refractivity contribution in [1.29, 1.82) is 0 Å². The van der Waals surface area contributed by atoms with Crippen molar-refractivity contribution in [1.82, 2.24) is 5.43 Å². The molecular weight excluding hydrogens is 300 g/mol. The summed E-state index contributed by atoms with van der Waals surface area (Å²) < 4.78 is 5.51. The first-order valence-electron chi connectivity index (χ1n) is 7.26. The van der Waals surface area contributed by atoms with E-state index in [0.29, 0.717) is 36.7 Å². The first kappa shape index (κ1) is 15.0. The third-order valence-corrected chi connectivity index (χ3v) is 3.63. The molecule has 2 aliphatic heterocycles. The Balaban J connectivity index is 1.79. The number of nitrogens with zero attached hydrogens (tertiary/aromatic N) is 2. The number of fused-ring (bicyclic) bond motifs is 1. The maximum absolute atomic E-state index is 12.2. The third kappa shape index (κ3) is 3.15. The SMILES string of the molecule is CC(=O)N1CCOc2ccc(NC(=O)C3=NNC(=O)CC3)cc21. The molecule has 3 rings (SSSR count). The summed E-state index contributed by atoms with van der Waals surface area (Å²) in [4.78, 5) is 36.5. The van der Waals surface area contributed by atoms with Gasteiger partial charge in [0.25, 0.3) is 5.91 Å². The number of hydrazone groups is 1. The molecule has 0 radical (unpaired) electrons. The average Bonchev–Trinajstić information content (AvgIpc) is 2.54. The lowest BCUT2D eigenvalue weighted by Gasteiger charge is -2.29. The van der Waals surface area contributed by atoms with E-state index in [9.17, 15) is 14.4 Å². The summed E-state index contributed by atoms with van der Waals surface area (Å²) >= 11 is 0. The number of ether oxygens (including phenoxy) is 1. The van der Waals surface area contributed by atoms with Crippen LogP contribution in [-0.4, -0.2) is 36.6 Å². The molecule has 0 aromatic heterocycles. The number of benzene rings is 1. The highest BCUT2D eigenvalue weighted by atomic mass is 16.5. The first-order chi connectivity index (χ1) is 11.0. The van der Waals surface area contributed by atoms with Gasteiger partial charge >= 0.3 is 0 Å². The summed E-state index contributed by atoms with van der Waals surface area (Å²) in [6, 6.07) is 5.10. The third-order valence-electron chi connectivity index (χ3n) is 3.63. The van der Waals surface area contributed by atoms with Crippen LogP contribution in [0.15, 0.2) is 23.3 Å². The molecule has 120 valence electrons. The topological polar surface area (TPSA) is 100 Å². The number of nitrogens with one attached hydrogen (secondary N) is 2. The number of rotatable bonds is 2. The molecule has 8 heteroatoms. The van der Waals surface area contributed by atoms with E-state index in [0.717, 1.165) is 0 Å². The molecule has 0 bridgehead atoms. The molecule has 0 spiro atoms. The zero-order valence-corrected chi connectivity index (χ0v) is 12.6. The van der Waals surface area contributed by atoms with E-state index >= 15 is 0 Å². The van der Waals surface area contributed by atoms with Gasteiger partial charge in [0.1, 0.15) is 18.1 Å². The summed E-state index contributed by atoms with van der Waals surface area (Å²) in [6.07, 6.45) is 0.535. The van der Waals surface area contributed by atoms with Gasteiger partial charge in [-0.2, -0.15) is 5.10 Å². The fourth-order valence-corrected chi connectivity index (χ4v) is 2.46. The number of carbonyl (C=O) groups is 3. The van der Waals surface area contributed by atoms with Gasteiger partial charge in [-0.15, -0.1) is 0 Å². The van der Waals surface area contributed by atoms with Crippen LogP contribution >= 0.6 is 0 Å². The predicted molar refractivity (Wildman–Crippen MR) is 83.4 cm³/mol. The summed E-state index contributed by atoms with van der Waals surface area (Å²) in [7, 11) is 0. The molecule has 8 nitrogen and oxygen atoms in total. The van der Waals surface area contributed by atoms with Crippen molar-refractivity contribution in [3.8, 4) is 5.75 Å². The second kappa shape index (κ2) is 6.07. The molecule has 1 aromatic carbocycles. The molecule has 3 amide bonds. The van der Waals surface area contributed by atoms with Crippen molar-refractivity contribution >= 4 is 34.8 Å². The normalized spacial score (nSPS) is 16.7. The van der Waals surface area contributed by atoms with Crippen molar-refractivity contribution in [2.45, 2.75) is 19.8 Å². The van der Waals surface area contributed by atoms with Gasteiger partial charge in [0, 0.05) is 25.5 Å². The van der Waals surface area contributed by atoms with Gasteiger partial charge in [-0.05, 0) is 18.2 Å². The first-order valence-corrected chi connectivity index (χ1v) is 7.26. The molecule has 2 aliphatic rings. The predicted octanol–water partition coefficient (Wildman–Crippen LogP) is 0.636. The summed E-state index contributed by atoms with van der Waals surface area (Å²) in [5.41, 5.74) is 3.71. The lowest BCUT2D eigenvalue weighted by molar-refractivity contribution is -0.121. The second-order valence-electron chi connectivity index (χ2n) is 5.25. The van der Waals surface area contributed by atoms with E-state index in [1.807, 2.05) is 0 Å².